The van der Waals surface area contributed by atoms with Crippen LogP contribution in [0.2, 0.25) is 0 Å². The zero-order chi connectivity index (χ0) is 13.5. The second-order valence-electron chi connectivity index (χ2n) is 3.31. The van der Waals surface area contributed by atoms with Crippen LogP contribution in [0.25, 0.3) is 0 Å². The number of nitrogens with one attached hydrogen (secondary N) is 1. The predicted molar refractivity (Wildman–Crippen MR) is 58.4 cm³/mol. The molecular weight excluding hydrogens is 253 g/mol. The van der Waals surface area contributed by atoms with Crippen molar-refractivity contribution in [3.8, 4) is 0 Å². The van der Waals surface area contributed by atoms with Gasteiger partial charge in [-0.05, 0) is 12.1 Å². The second-order valence-corrected chi connectivity index (χ2v) is 3.31. The standard InChI is InChI=1S/C10H11F3N2O3/c11-7-1-2-8(9(5-7)15(16)17)14-3-4-18-6-10(12)13/h1-2,5,10,14H,3-4,6H2. The fourth-order valence-corrected chi connectivity index (χ4v) is 1.24. The molecule has 0 aliphatic carbocycles. The Labute approximate surface area is 101 Å². The van der Waals surface area contributed by atoms with Gasteiger partial charge >= 0.3 is 0 Å². The molecule has 0 fully saturated rings. The van der Waals surface area contributed by atoms with Crippen LogP contribution in [0.3, 0.4) is 0 Å². The molecule has 1 aromatic carbocycles. The third-order valence-corrected chi connectivity index (χ3v) is 1.96. The van der Waals surface area contributed by atoms with Gasteiger partial charge in [0.25, 0.3) is 12.1 Å². The van der Waals surface area contributed by atoms with Crippen LogP contribution < -0.4 is 5.32 Å². The van der Waals surface area contributed by atoms with Gasteiger partial charge in [-0.3, -0.25) is 10.1 Å². The minimum absolute atomic E-state index is 0.0289. The van der Waals surface area contributed by atoms with Gasteiger partial charge in [0.05, 0.1) is 17.6 Å². The highest BCUT2D eigenvalue weighted by atomic mass is 19.3. The molecule has 0 bridgehead atoms. The maximum Gasteiger partial charge on any atom is 0.295 e. The van der Waals surface area contributed by atoms with Crippen molar-refractivity contribution in [1.82, 2.24) is 0 Å². The summed E-state index contributed by atoms with van der Waals surface area (Å²) in [4.78, 5) is 9.89. The monoisotopic (exact) mass is 264 g/mol. The molecule has 18 heavy (non-hydrogen) atoms. The van der Waals surface area contributed by atoms with E-state index < -0.39 is 29.5 Å². The molecule has 0 spiro atoms. The largest absolute Gasteiger partial charge is 0.377 e. The third kappa shape index (κ3) is 4.58. The number of nitro groups is 1. The van der Waals surface area contributed by atoms with Crippen LogP contribution in [0.5, 0.6) is 0 Å². The summed E-state index contributed by atoms with van der Waals surface area (Å²) in [5, 5.41) is 13.2. The van der Waals surface area contributed by atoms with Gasteiger partial charge in [-0.15, -0.1) is 0 Å². The summed E-state index contributed by atoms with van der Waals surface area (Å²) >= 11 is 0. The van der Waals surface area contributed by atoms with Crippen LogP contribution in [0.15, 0.2) is 18.2 Å². The van der Waals surface area contributed by atoms with Crippen molar-refractivity contribution in [2.24, 2.45) is 0 Å². The Morgan fingerprint density at radius 2 is 2.17 bits per heavy atom. The minimum atomic E-state index is -2.55. The Morgan fingerprint density at radius 3 is 2.78 bits per heavy atom. The molecule has 1 aromatic rings. The number of nitro benzene ring substituents is 1. The van der Waals surface area contributed by atoms with E-state index in [1.807, 2.05) is 0 Å². The zero-order valence-corrected chi connectivity index (χ0v) is 9.24. The SMILES string of the molecule is O=[N+]([O-])c1cc(F)ccc1NCCOCC(F)F. The van der Waals surface area contributed by atoms with E-state index in [9.17, 15) is 23.3 Å². The summed E-state index contributed by atoms with van der Waals surface area (Å²) in [6.45, 7) is -0.606. The first-order valence-electron chi connectivity index (χ1n) is 5.04. The average molecular weight is 264 g/mol. The number of benzene rings is 1. The number of hydrogen-bond donors (Lipinski definition) is 1. The Hall–Kier alpha value is -1.83. The van der Waals surface area contributed by atoms with Crippen LogP contribution >= 0.6 is 0 Å². The van der Waals surface area contributed by atoms with Crippen LogP contribution in [0.1, 0.15) is 0 Å². The number of halogens is 3. The molecule has 0 unspecified atom stereocenters. The summed E-state index contributed by atoms with van der Waals surface area (Å²) in [5.41, 5.74) is -0.300. The van der Waals surface area contributed by atoms with Gasteiger partial charge in [-0.25, -0.2) is 13.2 Å². The molecular formula is C10H11F3N2O3. The van der Waals surface area contributed by atoms with Crippen LogP contribution in [-0.2, 0) is 4.74 Å². The van der Waals surface area contributed by atoms with E-state index in [2.05, 4.69) is 10.1 Å². The lowest BCUT2D eigenvalue weighted by atomic mass is 10.2. The maximum atomic E-state index is 12.8. The molecule has 0 aromatic heterocycles. The zero-order valence-electron chi connectivity index (χ0n) is 9.24. The summed E-state index contributed by atoms with van der Waals surface area (Å²) < 4.78 is 40.8. The third-order valence-electron chi connectivity index (χ3n) is 1.96. The van der Waals surface area contributed by atoms with Crippen LogP contribution in [0, 0.1) is 15.9 Å². The normalized spacial score (nSPS) is 10.7. The van der Waals surface area contributed by atoms with Gasteiger partial charge < -0.3 is 10.1 Å². The predicted octanol–water partition coefficient (Wildman–Crippen LogP) is 2.43. The summed E-state index contributed by atoms with van der Waals surface area (Å²) in [5.74, 6) is -0.721. The number of alkyl halides is 2. The van der Waals surface area contributed by atoms with Crippen molar-refractivity contribution in [2.75, 3.05) is 25.1 Å². The summed E-state index contributed by atoms with van der Waals surface area (Å²) in [6, 6.07) is 3.05. The quantitative estimate of drug-likeness (QED) is 0.466. The minimum Gasteiger partial charge on any atom is -0.377 e. The van der Waals surface area contributed by atoms with Gasteiger partial charge in [0.15, 0.2) is 0 Å². The lowest BCUT2D eigenvalue weighted by Gasteiger charge is -2.07. The molecule has 0 atom stereocenters. The number of rotatable bonds is 7. The molecule has 0 aliphatic rings. The van der Waals surface area contributed by atoms with Crippen molar-refractivity contribution >= 4 is 11.4 Å². The molecule has 5 nitrogen and oxygen atoms in total. The molecule has 0 saturated carbocycles. The number of hydrogen-bond acceptors (Lipinski definition) is 4. The Kier molecular flexibility index (Phi) is 5.37. The van der Waals surface area contributed by atoms with E-state index in [1.54, 1.807) is 0 Å². The van der Waals surface area contributed by atoms with Crippen molar-refractivity contribution in [2.45, 2.75) is 6.43 Å². The molecule has 0 aliphatic heterocycles. The Morgan fingerprint density at radius 1 is 1.44 bits per heavy atom. The fraction of sp³-hybridized carbons (Fsp3) is 0.400. The molecule has 0 amide bonds. The molecule has 0 saturated heterocycles. The van der Waals surface area contributed by atoms with Gasteiger partial charge in [0.1, 0.15) is 18.1 Å². The second kappa shape index (κ2) is 6.80. The van der Waals surface area contributed by atoms with Crippen molar-refractivity contribution < 1.29 is 22.8 Å². The van der Waals surface area contributed by atoms with Crippen molar-refractivity contribution in [1.29, 1.82) is 0 Å². The molecule has 8 heteroatoms. The van der Waals surface area contributed by atoms with E-state index in [1.165, 1.54) is 6.07 Å². The lowest BCUT2D eigenvalue weighted by molar-refractivity contribution is -0.384. The van der Waals surface area contributed by atoms with Gasteiger partial charge in [-0.1, -0.05) is 0 Å². The highest BCUT2D eigenvalue weighted by molar-refractivity contribution is 5.61. The van der Waals surface area contributed by atoms with Gasteiger partial charge in [0, 0.05) is 6.54 Å². The summed E-state index contributed by atoms with van der Waals surface area (Å²) in [7, 11) is 0. The molecule has 1 N–H and O–H groups in total. The van der Waals surface area contributed by atoms with Crippen molar-refractivity contribution in [3.63, 3.8) is 0 Å². The van der Waals surface area contributed by atoms with Crippen LogP contribution in [-0.4, -0.2) is 31.1 Å². The first kappa shape index (κ1) is 14.2. The fourth-order valence-electron chi connectivity index (χ4n) is 1.24. The Balaban J connectivity index is 2.49. The molecule has 0 heterocycles. The van der Waals surface area contributed by atoms with Crippen molar-refractivity contribution in [3.05, 3.63) is 34.1 Å². The van der Waals surface area contributed by atoms with E-state index in [-0.39, 0.29) is 18.8 Å². The highest BCUT2D eigenvalue weighted by Crippen LogP contribution is 2.24. The van der Waals surface area contributed by atoms with E-state index in [0.29, 0.717) is 0 Å². The smallest absolute Gasteiger partial charge is 0.295 e. The first-order valence-corrected chi connectivity index (χ1v) is 5.04. The van der Waals surface area contributed by atoms with Gasteiger partial charge in [0.2, 0.25) is 0 Å². The van der Waals surface area contributed by atoms with Gasteiger partial charge in [-0.2, -0.15) is 0 Å². The maximum absolute atomic E-state index is 12.8. The number of anilines is 1. The number of nitrogens with zero attached hydrogens (tertiary/aromatic N) is 1. The molecule has 1 rings (SSSR count). The van der Waals surface area contributed by atoms with E-state index in [4.69, 9.17) is 0 Å². The average Bonchev–Trinajstić information content (AvgIpc) is 2.29. The first-order chi connectivity index (χ1) is 8.50. The molecule has 0 radical (unpaired) electrons. The topological polar surface area (TPSA) is 64.4 Å². The Bertz CT molecular complexity index is 415. The van der Waals surface area contributed by atoms with E-state index in [0.717, 1.165) is 12.1 Å². The number of ether oxygens (including phenoxy) is 1. The highest BCUT2D eigenvalue weighted by Gasteiger charge is 2.14. The van der Waals surface area contributed by atoms with E-state index >= 15 is 0 Å². The summed E-state index contributed by atoms with van der Waals surface area (Å²) in [6.07, 6.45) is -2.55. The molecule has 100 valence electrons. The lowest BCUT2D eigenvalue weighted by Crippen LogP contribution is -2.13. The van der Waals surface area contributed by atoms with Crippen LogP contribution in [0.4, 0.5) is 24.5 Å².